The first-order valence-electron chi connectivity index (χ1n) is 13.0. The number of hydrogen-bond donors (Lipinski definition) is 4. The Balaban J connectivity index is 1.17. The number of likely N-dealkylation sites (tertiary alicyclic amines) is 1. The summed E-state index contributed by atoms with van der Waals surface area (Å²) in [4.78, 5) is 23.2. The van der Waals surface area contributed by atoms with Crippen molar-refractivity contribution in [3.05, 3.63) is 71.9 Å². The molecule has 4 N–H and O–H groups in total. The summed E-state index contributed by atoms with van der Waals surface area (Å²) in [5.74, 6) is 7.62. The van der Waals surface area contributed by atoms with Gasteiger partial charge in [-0.05, 0) is 61.6 Å². The highest BCUT2D eigenvalue weighted by atomic mass is 19.1. The summed E-state index contributed by atoms with van der Waals surface area (Å²) in [6, 6.07) is 13.3. The molecule has 2 aromatic carbocycles. The number of amides is 1. The van der Waals surface area contributed by atoms with Gasteiger partial charge < -0.3 is 15.7 Å². The summed E-state index contributed by atoms with van der Waals surface area (Å²) >= 11 is 0. The number of nitrogens with one attached hydrogen (secondary N) is 3. The number of aromatic amines is 1. The number of aromatic nitrogens is 4. The normalized spacial score (nSPS) is 14.1. The number of benzene rings is 2. The lowest BCUT2D eigenvalue weighted by molar-refractivity contribution is -0.115. The van der Waals surface area contributed by atoms with E-state index in [-0.39, 0.29) is 19.1 Å². The quantitative estimate of drug-likeness (QED) is 0.254. The van der Waals surface area contributed by atoms with Crippen molar-refractivity contribution in [3.8, 4) is 11.8 Å². The second-order valence-corrected chi connectivity index (χ2v) is 9.64. The number of rotatable bonds is 8. The highest BCUT2D eigenvalue weighted by molar-refractivity contribution is 5.93. The third-order valence-electron chi connectivity index (χ3n) is 6.79. The van der Waals surface area contributed by atoms with E-state index in [0.717, 1.165) is 55.2 Å². The highest BCUT2D eigenvalue weighted by Crippen LogP contribution is 2.24. The van der Waals surface area contributed by atoms with Crippen molar-refractivity contribution in [2.75, 3.05) is 30.5 Å². The molecular formula is C29H30FN7O2. The lowest BCUT2D eigenvalue weighted by Crippen LogP contribution is -2.34. The maximum Gasteiger partial charge on any atom is 0.230 e. The van der Waals surface area contributed by atoms with Crippen LogP contribution >= 0.6 is 0 Å². The standard InChI is InChI=1S/C29H30FN7O2/c30-22-6-3-7-23(15-22)33-28(39)17-24-16-27(36-35-24)34-29-25-9-8-21(14-26(25)31-18-32-29)5-2-1-4-20-10-12-37(19-38)13-11-20/h3,6-9,14-16,18,20,38H,1,4,10-13,17,19H2,(H,33,39)(H2,31,32,34,35,36). The second kappa shape index (κ2) is 12.5. The van der Waals surface area contributed by atoms with E-state index in [2.05, 4.69) is 47.5 Å². The SMILES string of the molecule is O=C(Cc1cc(Nc2ncnc3cc(C#CCCC4CCN(CO)CC4)ccc23)n[nH]1)Nc1cccc(F)c1. The number of H-pyrrole nitrogens is 1. The van der Waals surface area contributed by atoms with Crippen LogP contribution in [0.15, 0.2) is 54.9 Å². The van der Waals surface area contributed by atoms with E-state index >= 15 is 0 Å². The molecule has 0 spiro atoms. The number of aliphatic hydroxyl groups is 1. The molecule has 0 bridgehead atoms. The van der Waals surface area contributed by atoms with Gasteiger partial charge in [-0.1, -0.05) is 17.9 Å². The van der Waals surface area contributed by atoms with Crippen LogP contribution in [0.25, 0.3) is 10.9 Å². The van der Waals surface area contributed by atoms with Gasteiger partial charge in [0.05, 0.1) is 18.7 Å². The van der Waals surface area contributed by atoms with E-state index in [1.807, 2.05) is 18.2 Å². The minimum atomic E-state index is -0.413. The first-order chi connectivity index (χ1) is 19.1. The van der Waals surface area contributed by atoms with Gasteiger partial charge in [0, 0.05) is 47.9 Å². The van der Waals surface area contributed by atoms with Crippen LogP contribution in [-0.2, 0) is 11.2 Å². The number of halogens is 1. The Labute approximate surface area is 225 Å². The molecule has 5 rings (SSSR count). The second-order valence-electron chi connectivity index (χ2n) is 9.64. The van der Waals surface area contributed by atoms with Gasteiger partial charge in [0.2, 0.25) is 5.91 Å². The Hall–Kier alpha value is -4.33. The molecule has 0 unspecified atom stereocenters. The lowest BCUT2D eigenvalue weighted by Gasteiger charge is -2.29. The molecule has 10 heteroatoms. The number of anilines is 3. The molecule has 1 saturated heterocycles. The van der Waals surface area contributed by atoms with E-state index in [9.17, 15) is 14.3 Å². The largest absolute Gasteiger partial charge is 0.381 e. The van der Waals surface area contributed by atoms with Crippen molar-refractivity contribution < 1.29 is 14.3 Å². The topological polar surface area (TPSA) is 119 Å². The minimum absolute atomic E-state index is 0.0552. The van der Waals surface area contributed by atoms with Crippen LogP contribution in [-0.4, -0.2) is 55.9 Å². The molecule has 39 heavy (non-hydrogen) atoms. The Morgan fingerprint density at radius 1 is 1.15 bits per heavy atom. The van der Waals surface area contributed by atoms with Crippen molar-refractivity contribution in [3.63, 3.8) is 0 Å². The molecule has 1 amide bonds. The number of aliphatic hydroxyl groups excluding tert-OH is 1. The minimum Gasteiger partial charge on any atom is -0.381 e. The molecule has 1 aliphatic heterocycles. The molecule has 3 heterocycles. The maximum absolute atomic E-state index is 13.3. The first kappa shape index (κ1) is 26.3. The molecule has 0 aliphatic carbocycles. The Morgan fingerprint density at radius 3 is 2.85 bits per heavy atom. The number of carbonyl (C=O) groups excluding carboxylic acids is 1. The fourth-order valence-corrected chi connectivity index (χ4v) is 4.67. The van der Waals surface area contributed by atoms with Crippen molar-refractivity contribution >= 4 is 34.1 Å². The predicted molar refractivity (Wildman–Crippen MR) is 148 cm³/mol. The summed E-state index contributed by atoms with van der Waals surface area (Å²) in [5, 5.41) is 23.0. The number of fused-ring (bicyclic) bond motifs is 1. The van der Waals surface area contributed by atoms with Crippen LogP contribution in [0.5, 0.6) is 0 Å². The zero-order valence-corrected chi connectivity index (χ0v) is 21.5. The van der Waals surface area contributed by atoms with Gasteiger partial charge in [0.15, 0.2) is 5.82 Å². The number of piperidine rings is 1. The summed E-state index contributed by atoms with van der Waals surface area (Å²) in [6.07, 6.45) is 5.70. The molecule has 200 valence electrons. The van der Waals surface area contributed by atoms with Crippen LogP contribution in [0.1, 0.15) is 36.9 Å². The van der Waals surface area contributed by atoms with E-state index in [1.165, 1.54) is 24.5 Å². The van der Waals surface area contributed by atoms with Crippen molar-refractivity contribution in [1.82, 2.24) is 25.1 Å². The molecule has 4 aromatic rings. The summed E-state index contributed by atoms with van der Waals surface area (Å²) in [6.45, 7) is 2.07. The van der Waals surface area contributed by atoms with Gasteiger partial charge in [-0.3, -0.25) is 14.8 Å². The summed E-state index contributed by atoms with van der Waals surface area (Å²) < 4.78 is 13.3. The molecule has 1 fully saturated rings. The Morgan fingerprint density at radius 2 is 2.03 bits per heavy atom. The highest BCUT2D eigenvalue weighted by Gasteiger charge is 2.17. The monoisotopic (exact) mass is 527 g/mol. The third kappa shape index (κ3) is 7.16. The Bertz CT molecular complexity index is 1500. The number of carbonyl (C=O) groups is 1. The van der Waals surface area contributed by atoms with Gasteiger partial charge in [-0.25, -0.2) is 14.4 Å². The molecule has 2 aromatic heterocycles. The summed E-state index contributed by atoms with van der Waals surface area (Å²) in [7, 11) is 0. The lowest BCUT2D eigenvalue weighted by atomic mass is 9.92. The van der Waals surface area contributed by atoms with Crippen LogP contribution in [0.2, 0.25) is 0 Å². The molecule has 0 saturated carbocycles. The van der Waals surface area contributed by atoms with Crippen LogP contribution in [0, 0.1) is 23.6 Å². The van der Waals surface area contributed by atoms with Crippen LogP contribution in [0.3, 0.4) is 0 Å². The number of nitrogens with zero attached hydrogens (tertiary/aromatic N) is 4. The zero-order valence-electron chi connectivity index (χ0n) is 21.5. The third-order valence-corrected chi connectivity index (χ3v) is 6.79. The molecule has 1 aliphatic rings. The summed E-state index contributed by atoms with van der Waals surface area (Å²) in [5.41, 5.74) is 2.66. The molecule has 0 atom stereocenters. The average Bonchev–Trinajstić information content (AvgIpc) is 3.37. The fourth-order valence-electron chi connectivity index (χ4n) is 4.67. The fraction of sp³-hybridized carbons (Fsp3) is 0.310. The molecule has 0 radical (unpaired) electrons. The maximum atomic E-state index is 13.3. The van der Waals surface area contributed by atoms with Gasteiger partial charge in [0.25, 0.3) is 0 Å². The van der Waals surface area contributed by atoms with Crippen molar-refractivity contribution in [2.24, 2.45) is 5.92 Å². The van der Waals surface area contributed by atoms with E-state index in [0.29, 0.717) is 28.9 Å². The van der Waals surface area contributed by atoms with E-state index < -0.39 is 5.82 Å². The molecule has 9 nitrogen and oxygen atoms in total. The van der Waals surface area contributed by atoms with Gasteiger partial charge in [0.1, 0.15) is 18.0 Å². The number of hydrogen-bond acceptors (Lipinski definition) is 7. The Kier molecular flexibility index (Phi) is 8.41. The average molecular weight is 528 g/mol. The van der Waals surface area contributed by atoms with Crippen molar-refractivity contribution in [2.45, 2.75) is 32.1 Å². The van der Waals surface area contributed by atoms with Gasteiger partial charge in [-0.15, -0.1) is 0 Å². The van der Waals surface area contributed by atoms with E-state index in [1.54, 1.807) is 12.1 Å². The van der Waals surface area contributed by atoms with E-state index in [4.69, 9.17) is 0 Å². The molecular weight excluding hydrogens is 497 g/mol. The van der Waals surface area contributed by atoms with Gasteiger partial charge in [-0.2, -0.15) is 5.10 Å². The van der Waals surface area contributed by atoms with Crippen LogP contribution in [0.4, 0.5) is 21.7 Å². The van der Waals surface area contributed by atoms with Crippen LogP contribution < -0.4 is 10.6 Å². The first-order valence-corrected chi connectivity index (χ1v) is 13.0. The predicted octanol–water partition coefficient (Wildman–Crippen LogP) is 4.21. The zero-order chi connectivity index (χ0) is 27.0. The van der Waals surface area contributed by atoms with Gasteiger partial charge >= 0.3 is 0 Å². The van der Waals surface area contributed by atoms with Crippen molar-refractivity contribution in [1.29, 1.82) is 0 Å². The smallest absolute Gasteiger partial charge is 0.230 e.